The number of fused-ring (bicyclic) bond motifs is 1. The molecule has 2 aromatic rings. The summed E-state index contributed by atoms with van der Waals surface area (Å²) < 4.78 is 5.34. The standard InChI is InChI=1S/C21H25NO2/c1-13-9-14(2)17(15(3)10-13)12-22-19-8-7-16(24-6)11-18(19)21(4,5)20(22)23/h7-11H,12H2,1-6H3. The highest BCUT2D eigenvalue weighted by Gasteiger charge is 2.44. The van der Waals surface area contributed by atoms with Gasteiger partial charge in [-0.3, -0.25) is 4.79 Å². The first kappa shape index (κ1) is 16.6. The van der Waals surface area contributed by atoms with Crippen LogP contribution in [0.1, 0.15) is 41.7 Å². The first-order valence-corrected chi connectivity index (χ1v) is 8.33. The number of amides is 1. The van der Waals surface area contributed by atoms with Crippen molar-refractivity contribution in [3.05, 3.63) is 58.1 Å². The Morgan fingerprint density at radius 3 is 2.25 bits per heavy atom. The van der Waals surface area contributed by atoms with Crippen molar-refractivity contribution in [1.29, 1.82) is 0 Å². The Labute approximate surface area is 144 Å². The van der Waals surface area contributed by atoms with Crippen LogP contribution in [0.3, 0.4) is 0 Å². The number of nitrogens with zero attached hydrogens (tertiary/aromatic N) is 1. The minimum atomic E-state index is -0.531. The van der Waals surface area contributed by atoms with E-state index in [0.717, 1.165) is 17.0 Å². The largest absolute Gasteiger partial charge is 0.497 e. The highest BCUT2D eigenvalue weighted by Crippen LogP contribution is 2.44. The van der Waals surface area contributed by atoms with Gasteiger partial charge in [0, 0.05) is 5.69 Å². The van der Waals surface area contributed by atoms with Gasteiger partial charge in [0.05, 0.1) is 19.1 Å². The molecule has 0 saturated heterocycles. The van der Waals surface area contributed by atoms with Gasteiger partial charge in [-0.05, 0) is 75.1 Å². The molecule has 0 radical (unpaired) electrons. The van der Waals surface area contributed by atoms with Crippen molar-refractivity contribution in [2.24, 2.45) is 0 Å². The van der Waals surface area contributed by atoms with Crippen molar-refractivity contribution < 1.29 is 9.53 Å². The molecule has 3 heteroatoms. The highest BCUT2D eigenvalue weighted by molar-refractivity contribution is 6.07. The molecule has 1 aliphatic heterocycles. The Bertz CT molecular complexity index is 798. The van der Waals surface area contributed by atoms with Crippen LogP contribution in [-0.4, -0.2) is 13.0 Å². The molecule has 1 heterocycles. The van der Waals surface area contributed by atoms with Gasteiger partial charge in [0.15, 0.2) is 0 Å². The fourth-order valence-corrected chi connectivity index (χ4v) is 3.71. The molecule has 1 aliphatic rings. The number of aryl methyl sites for hydroxylation is 3. The van der Waals surface area contributed by atoms with E-state index in [9.17, 15) is 4.79 Å². The van der Waals surface area contributed by atoms with E-state index >= 15 is 0 Å². The van der Waals surface area contributed by atoms with Crippen molar-refractivity contribution in [1.82, 2.24) is 0 Å². The summed E-state index contributed by atoms with van der Waals surface area (Å²) in [4.78, 5) is 15.0. The second kappa shape index (κ2) is 5.66. The Hall–Kier alpha value is -2.29. The Balaban J connectivity index is 2.07. The quantitative estimate of drug-likeness (QED) is 0.835. The maximum Gasteiger partial charge on any atom is 0.237 e. The molecule has 0 N–H and O–H groups in total. The number of hydrogen-bond acceptors (Lipinski definition) is 2. The van der Waals surface area contributed by atoms with Crippen LogP contribution in [0.5, 0.6) is 5.75 Å². The van der Waals surface area contributed by atoms with Gasteiger partial charge in [0.1, 0.15) is 5.75 Å². The van der Waals surface area contributed by atoms with E-state index in [4.69, 9.17) is 4.74 Å². The van der Waals surface area contributed by atoms with Crippen LogP contribution in [-0.2, 0) is 16.8 Å². The number of carbonyl (C=O) groups excluding carboxylic acids is 1. The van der Waals surface area contributed by atoms with Crippen molar-refractivity contribution in [2.45, 2.75) is 46.6 Å². The molecule has 126 valence electrons. The number of ether oxygens (including phenoxy) is 1. The second-order valence-corrected chi connectivity index (χ2v) is 7.28. The van der Waals surface area contributed by atoms with Gasteiger partial charge in [-0.25, -0.2) is 0 Å². The fraction of sp³-hybridized carbons (Fsp3) is 0.381. The molecule has 1 amide bonds. The zero-order valence-corrected chi connectivity index (χ0v) is 15.4. The van der Waals surface area contributed by atoms with Crippen molar-refractivity contribution in [2.75, 3.05) is 12.0 Å². The molecule has 0 atom stereocenters. The number of anilines is 1. The second-order valence-electron chi connectivity index (χ2n) is 7.28. The van der Waals surface area contributed by atoms with E-state index in [-0.39, 0.29) is 5.91 Å². The zero-order chi connectivity index (χ0) is 17.6. The van der Waals surface area contributed by atoms with Crippen LogP contribution < -0.4 is 9.64 Å². The van der Waals surface area contributed by atoms with Crippen LogP contribution in [0, 0.1) is 20.8 Å². The Kier molecular flexibility index (Phi) is 3.90. The summed E-state index contributed by atoms with van der Waals surface area (Å²) in [6.45, 7) is 10.9. The summed E-state index contributed by atoms with van der Waals surface area (Å²) in [5.74, 6) is 0.935. The van der Waals surface area contributed by atoms with Crippen molar-refractivity contribution in [3.63, 3.8) is 0 Å². The third-order valence-electron chi connectivity index (χ3n) is 5.10. The number of carbonyl (C=O) groups is 1. The van der Waals surface area contributed by atoms with E-state index in [2.05, 4.69) is 32.9 Å². The number of benzene rings is 2. The lowest BCUT2D eigenvalue weighted by Crippen LogP contribution is -2.36. The molecule has 2 aromatic carbocycles. The fourth-order valence-electron chi connectivity index (χ4n) is 3.71. The molecule has 0 aliphatic carbocycles. The summed E-state index contributed by atoms with van der Waals surface area (Å²) >= 11 is 0. The Morgan fingerprint density at radius 1 is 1.04 bits per heavy atom. The minimum absolute atomic E-state index is 0.144. The van der Waals surface area contributed by atoms with Gasteiger partial charge < -0.3 is 9.64 Å². The molecule has 0 spiro atoms. The third kappa shape index (κ3) is 2.48. The average molecular weight is 323 g/mol. The summed E-state index contributed by atoms with van der Waals surface area (Å²) in [5, 5.41) is 0. The maximum absolute atomic E-state index is 13.1. The first-order valence-electron chi connectivity index (χ1n) is 8.33. The molecule has 3 rings (SSSR count). The predicted octanol–water partition coefficient (Wildman–Crippen LogP) is 4.44. The molecule has 0 fully saturated rings. The molecule has 0 aromatic heterocycles. The van der Waals surface area contributed by atoms with Crippen LogP contribution in [0.15, 0.2) is 30.3 Å². The number of rotatable bonds is 3. The smallest absolute Gasteiger partial charge is 0.237 e. The molecule has 24 heavy (non-hydrogen) atoms. The topological polar surface area (TPSA) is 29.5 Å². The predicted molar refractivity (Wildman–Crippen MR) is 97.9 cm³/mol. The molecule has 0 unspecified atom stereocenters. The minimum Gasteiger partial charge on any atom is -0.497 e. The van der Waals surface area contributed by atoms with E-state index in [1.165, 1.54) is 22.3 Å². The number of hydrogen-bond donors (Lipinski definition) is 0. The van der Waals surface area contributed by atoms with Crippen LogP contribution in [0.2, 0.25) is 0 Å². The SMILES string of the molecule is COc1ccc2c(c1)C(C)(C)C(=O)N2Cc1c(C)cc(C)cc1C. The summed E-state index contributed by atoms with van der Waals surface area (Å²) in [6, 6.07) is 10.3. The van der Waals surface area contributed by atoms with Gasteiger partial charge in [-0.15, -0.1) is 0 Å². The van der Waals surface area contributed by atoms with Crippen molar-refractivity contribution >= 4 is 11.6 Å². The van der Waals surface area contributed by atoms with Gasteiger partial charge in [-0.1, -0.05) is 17.7 Å². The monoisotopic (exact) mass is 323 g/mol. The molecule has 0 saturated carbocycles. The molecular weight excluding hydrogens is 298 g/mol. The maximum atomic E-state index is 13.1. The number of methoxy groups -OCH3 is 1. The summed E-state index contributed by atoms with van der Waals surface area (Å²) in [5.41, 5.74) is 6.45. The van der Waals surface area contributed by atoms with E-state index in [1.807, 2.05) is 36.9 Å². The van der Waals surface area contributed by atoms with Gasteiger partial charge >= 0.3 is 0 Å². The first-order chi connectivity index (χ1) is 11.3. The molecule has 0 bridgehead atoms. The summed E-state index contributed by atoms with van der Waals surface area (Å²) in [6.07, 6.45) is 0. The van der Waals surface area contributed by atoms with Crippen LogP contribution >= 0.6 is 0 Å². The highest BCUT2D eigenvalue weighted by atomic mass is 16.5. The zero-order valence-electron chi connectivity index (χ0n) is 15.4. The average Bonchev–Trinajstić information content (AvgIpc) is 2.70. The van der Waals surface area contributed by atoms with Gasteiger partial charge in [0.25, 0.3) is 0 Å². The third-order valence-corrected chi connectivity index (χ3v) is 5.10. The summed E-state index contributed by atoms with van der Waals surface area (Å²) in [7, 11) is 1.66. The van der Waals surface area contributed by atoms with E-state index < -0.39 is 5.41 Å². The van der Waals surface area contributed by atoms with Gasteiger partial charge in [-0.2, -0.15) is 0 Å². The van der Waals surface area contributed by atoms with E-state index in [1.54, 1.807) is 7.11 Å². The lowest BCUT2D eigenvalue weighted by molar-refractivity contribution is -0.122. The van der Waals surface area contributed by atoms with Crippen LogP contribution in [0.25, 0.3) is 0 Å². The van der Waals surface area contributed by atoms with Crippen LogP contribution in [0.4, 0.5) is 5.69 Å². The van der Waals surface area contributed by atoms with E-state index in [0.29, 0.717) is 6.54 Å². The van der Waals surface area contributed by atoms with Gasteiger partial charge in [0.2, 0.25) is 5.91 Å². The lowest BCUT2D eigenvalue weighted by Gasteiger charge is -2.23. The van der Waals surface area contributed by atoms with Crippen molar-refractivity contribution in [3.8, 4) is 5.75 Å². The molecular formula is C21H25NO2. The normalized spacial score (nSPS) is 15.6. The lowest BCUT2D eigenvalue weighted by atomic mass is 9.86. The Morgan fingerprint density at radius 2 is 1.67 bits per heavy atom. The molecule has 3 nitrogen and oxygen atoms in total.